The van der Waals surface area contributed by atoms with Gasteiger partial charge in [-0.15, -0.1) is 0 Å². The lowest BCUT2D eigenvalue weighted by Crippen LogP contribution is -2.07. The molecule has 6 nitrogen and oxygen atoms in total. The third-order valence-corrected chi connectivity index (χ3v) is 10.9. The number of hydrogen-bond donors (Lipinski definition) is 0. The van der Waals surface area contributed by atoms with Crippen LogP contribution in [0, 0.1) is 0 Å². The van der Waals surface area contributed by atoms with E-state index in [2.05, 4.69) is 120 Å². The van der Waals surface area contributed by atoms with Gasteiger partial charge >= 0.3 is 0 Å². The van der Waals surface area contributed by atoms with E-state index in [1.807, 2.05) is 68.4 Å². The van der Waals surface area contributed by atoms with Crippen LogP contribution in [0.3, 0.4) is 0 Å². The van der Waals surface area contributed by atoms with Crippen molar-refractivity contribution in [3.63, 3.8) is 0 Å². The first-order valence-corrected chi connectivity index (χ1v) is 19.4. The summed E-state index contributed by atoms with van der Waals surface area (Å²) in [5.41, 5.74) is 9.10. The molecule has 8 aromatic carbocycles. The highest BCUT2D eigenvalue weighted by Crippen LogP contribution is 2.43. The van der Waals surface area contributed by atoms with Gasteiger partial charge in [0.05, 0.1) is 11.0 Å². The normalized spacial score (nSPS) is 11.7. The van der Waals surface area contributed by atoms with Crippen molar-refractivity contribution in [1.29, 1.82) is 0 Å². The number of para-hydroxylation sites is 4. The van der Waals surface area contributed by atoms with Gasteiger partial charge < -0.3 is 8.83 Å². The molecule has 12 aromatic rings. The van der Waals surface area contributed by atoms with Crippen molar-refractivity contribution >= 4 is 76.5 Å². The molecule has 0 N–H and O–H groups in total. The fourth-order valence-electron chi connectivity index (χ4n) is 8.40. The van der Waals surface area contributed by atoms with Gasteiger partial charge in [0.2, 0.25) is 5.95 Å². The van der Waals surface area contributed by atoms with Crippen LogP contribution >= 0.6 is 0 Å². The first kappa shape index (κ1) is 32.8. The molecule has 0 aliphatic heterocycles. The van der Waals surface area contributed by atoms with Crippen LogP contribution in [0.1, 0.15) is 13.8 Å². The van der Waals surface area contributed by atoms with Crippen LogP contribution in [0.25, 0.3) is 116 Å². The lowest BCUT2D eigenvalue weighted by Gasteiger charge is -2.13. The molecular formula is C51H34N4O2. The number of rotatable bonds is 4. The van der Waals surface area contributed by atoms with Crippen LogP contribution in [-0.2, 0) is 0 Å². The predicted molar refractivity (Wildman–Crippen MR) is 234 cm³/mol. The molecule has 4 aromatic heterocycles. The van der Waals surface area contributed by atoms with E-state index in [-0.39, 0.29) is 0 Å². The van der Waals surface area contributed by atoms with E-state index in [1.54, 1.807) is 0 Å². The van der Waals surface area contributed by atoms with Gasteiger partial charge in [0.25, 0.3) is 0 Å². The molecule has 0 saturated heterocycles. The average molecular weight is 735 g/mol. The highest BCUT2D eigenvalue weighted by molar-refractivity contribution is 6.22. The minimum absolute atomic E-state index is 0.523. The van der Waals surface area contributed by atoms with E-state index in [4.69, 9.17) is 23.8 Å². The van der Waals surface area contributed by atoms with E-state index < -0.39 is 0 Å². The molecule has 0 saturated carbocycles. The van der Waals surface area contributed by atoms with Crippen LogP contribution in [0.4, 0.5) is 0 Å². The van der Waals surface area contributed by atoms with Gasteiger partial charge in [-0.25, -0.2) is 4.98 Å². The molecule has 0 radical (unpaired) electrons. The zero-order valence-electron chi connectivity index (χ0n) is 31.3. The summed E-state index contributed by atoms with van der Waals surface area (Å²) >= 11 is 0. The first-order chi connectivity index (χ1) is 28.3. The Labute approximate surface area is 327 Å². The predicted octanol–water partition coefficient (Wildman–Crippen LogP) is 13.9. The molecule has 0 unspecified atom stereocenters. The van der Waals surface area contributed by atoms with Crippen LogP contribution in [0.2, 0.25) is 0 Å². The summed E-state index contributed by atoms with van der Waals surface area (Å²) in [5.74, 6) is 1.66. The lowest BCUT2D eigenvalue weighted by atomic mass is 9.98. The largest absolute Gasteiger partial charge is 0.456 e. The molecule has 57 heavy (non-hydrogen) atoms. The van der Waals surface area contributed by atoms with Crippen molar-refractivity contribution in [2.75, 3.05) is 0 Å². The third-order valence-electron chi connectivity index (χ3n) is 10.9. The molecule has 0 amide bonds. The van der Waals surface area contributed by atoms with Crippen molar-refractivity contribution in [3.05, 3.63) is 170 Å². The maximum atomic E-state index is 6.77. The smallest absolute Gasteiger partial charge is 0.238 e. The lowest BCUT2D eigenvalue weighted by molar-refractivity contribution is 0.669. The van der Waals surface area contributed by atoms with Crippen LogP contribution < -0.4 is 0 Å². The van der Waals surface area contributed by atoms with Gasteiger partial charge in [-0.1, -0.05) is 153 Å². The molecule has 0 atom stereocenters. The minimum Gasteiger partial charge on any atom is -0.456 e. The Morgan fingerprint density at radius 3 is 1.95 bits per heavy atom. The van der Waals surface area contributed by atoms with E-state index in [1.165, 1.54) is 10.8 Å². The fourth-order valence-corrected chi connectivity index (χ4v) is 8.40. The summed E-state index contributed by atoms with van der Waals surface area (Å²) in [4.78, 5) is 15.6. The van der Waals surface area contributed by atoms with E-state index in [9.17, 15) is 0 Å². The molecule has 0 aliphatic rings. The number of benzene rings is 8. The zero-order valence-corrected chi connectivity index (χ0v) is 31.3. The number of hydrogen-bond acceptors (Lipinski definition) is 5. The third kappa shape index (κ3) is 5.07. The summed E-state index contributed by atoms with van der Waals surface area (Å²) in [7, 11) is 0. The summed E-state index contributed by atoms with van der Waals surface area (Å²) < 4.78 is 15.3. The van der Waals surface area contributed by atoms with E-state index in [0.29, 0.717) is 17.6 Å². The van der Waals surface area contributed by atoms with Crippen molar-refractivity contribution in [2.24, 2.45) is 0 Å². The Morgan fingerprint density at radius 1 is 0.421 bits per heavy atom. The molecule has 0 aliphatic carbocycles. The maximum Gasteiger partial charge on any atom is 0.238 e. The number of nitrogens with zero attached hydrogens (tertiary/aromatic N) is 4. The molecule has 4 heterocycles. The molecular weight excluding hydrogens is 701 g/mol. The standard InChI is InChI=1S/C49H28N4O2.C2H6/c1-2-13-30(14-3-1)47-50-48(31-24-26-35-34-17-7-9-23-41(34)54-43(35)28-31)52-49(51-47)53-40-22-8-6-16-33(40)36-18-10-19-37(45(36)53)38-20-11-21-39-44-32-15-5-4-12-29(32)25-27-42(44)55-46(38)39;1-2/h1-28H;1-2H3. The van der Waals surface area contributed by atoms with Gasteiger partial charge in [0.1, 0.15) is 22.3 Å². The summed E-state index contributed by atoms with van der Waals surface area (Å²) in [5, 5.41) is 8.90. The molecule has 0 spiro atoms. The van der Waals surface area contributed by atoms with Crippen LogP contribution in [0.5, 0.6) is 0 Å². The highest BCUT2D eigenvalue weighted by atomic mass is 16.3. The van der Waals surface area contributed by atoms with E-state index in [0.717, 1.165) is 87.9 Å². The molecule has 6 heteroatoms. The second-order valence-corrected chi connectivity index (χ2v) is 14.0. The number of furan rings is 2. The molecule has 12 rings (SSSR count). The second kappa shape index (κ2) is 13.0. The monoisotopic (exact) mass is 734 g/mol. The average Bonchev–Trinajstić information content (AvgIpc) is 3.97. The van der Waals surface area contributed by atoms with Crippen LogP contribution in [-0.4, -0.2) is 19.5 Å². The topological polar surface area (TPSA) is 69.9 Å². The Kier molecular flexibility index (Phi) is 7.51. The SMILES string of the molecule is CC.c1ccc(-c2nc(-c3ccc4c(c3)oc3ccccc34)nc(-n3c4ccccc4c4cccc(-c5cccc6c5oc5ccc7ccccc7c56)c43)n2)cc1. The zero-order chi connectivity index (χ0) is 38.0. The van der Waals surface area contributed by atoms with Gasteiger partial charge in [-0.2, -0.15) is 9.97 Å². The molecule has 270 valence electrons. The molecule has 0 bridgehead atoms. The minimum atomic E-state index is 0.523. The van der Waals surface area contributed by atoms with Crippen molar-refractivity contribution in [1.82, 2.24) is 19.5 Å². The van der Waals surface area contributed by atoms with Crippen molar-refractivity contribution in [2.45, 2.75) is 13.8 Å². The van der Waals surface area contributed by atoms with Gasteiger partial charge in [0, 0.05) is 54.6 Å². The van der Waals surface area contributed by atoms with Gasteiger partial charge in [-0.05, 0) is 41.1 Å². The first-order valence-electron chi connectivity index (χ1n) is 19.4. The summed E-state index contributed by atoms with van der Waals surface area (Å²) in [6, 6.07) is 58.5. The quantitative estimate of drug-likeness (QED) is 0.180. The second-order valence-electron chi connectivity index (χ2n) is 14.0. The fraction of sp³-hybridized carbons (Fsp3) is 0.0392. The number of aromatic nitrogens is 4. The summed E-state index contributed by atoms with van der Waals surface area (Å²) in [6.45, 7) is 4.00. The Balaban J connectivity index is 0.00000184. The van der Waals surface area contributed by atoms with Crippen molar-refractivity contribution < 1.29 is 8.83 Å². The van der Waals surface area contributed by atoms with Crippen molar-refractivity contribution in [3.8, 4) is 39.9 Å². The number of fused-ring (bicyclic) bond motifs is 11. The van der Waals surface area contributed by atoms with Gasteiger partial charge in [-0.3, -0.25) is 4.57 Å². The Morgan fingerprint density at radius 2 is 1.09 bits per heavy atom. The van der Waals surface area contributed by atoms with E-state index >= 15 is 0 Å². The maximum absolute atomic E-state index is 6.77. The van der Waals surface area contributed by atoms with Gasteiger partial charge in [0.15, 0.2) is 11.6 Å². The highest BCUT2D eigenvalue weighted by Gasteiger charge is 2.23. The molecule has 0 fully saturated rings. The Hall–Kier alpha value is -7.57. The summed E-state index contributed by atoms with van der Waals surface area (Å²) in [6.07, 6.45) is 0. The van der Waals surface area contributed by atoms with Crippen LogP contribution in [0.15, 0.2) is 179 Å². The Bertz CT molecular complexity index is 3500.